The van der Waals surface area contributed by atoms with Crippen molar-refractivity contribution in [1.82, 2.24) is 9.97 Å². The number of aromatic nitrogens is 3. The van der Waals surface area contributed by atoms with Crippen molar-refractivity contribution in [3.63, 3.8) is 0 Å². The molecule has 0 atom stereocenters. The number of carbonyl (C=O) groups is 1. The van der Waals surface area contributed by atoms with E-state index in [1.54, 1.807) is 13.1 Å². The summed E-state index contributed by atoms with van der Waals surface area (Å²) in [6, 6.07) is 3.56. The molecule has 0 amide bonds. The Bertz CT molecular complexity index is 1240. The number of hydrogen-bond acceptors (Lipinski definition) is 9. The Morgan fingerprint density at radius 1 is 1.42 bits per heavy atom. The normalized spacial score (nSPS) is 10.1. The number of anilines is 1. The number of esters is 1. The lowest BCUT2D eigenvalue weighted by Crippen LogP contribution is -3.00. The van der Waals surface area contributed by atoms with Crippen molar-refractivity contribution in [2.24, 2.45) is 5.11 Å². The average Bonchev–Trinajstić information content (AvgIpc) is 3.09. The Morgan fingerprint density at radius 2 is 2.18 bits per heavy atom. The molecule has 172 valence electrons. The maximum absolute atomic E-state index is 12.4. The molecule has 12 nitrogen and oxygen atoms in total. The summed E-state index contributed by atoms with van der Waals surface area (Å²) in [5.41, 5.74) is 17.5. The topological polar surface area (TPSA) is 174 Å². The van der Waals surface area contributed by atoms with Crippen LogP contribution in [0.25, 0.3) is 10.4 Å². The molecule has 14 heteroatoms. The van der Waals surface area contributed by atoms with E-state index in [1.807, 2.05) is 17.0 Å². The number of benzene rings is 1. The largest absolute Gasteiger partial charge is 1.00 e. The molecule has 0 aliphatic heterocycles. The third kappa shape index (κ3) is 6.13. The number of azide groups is 1. The number of nitrogen functional groups attached to an aromatic ring is 1. The highest BCUT2D eigenvalue weighted by Crippen LogP contribution is 2.26. The van der Waals surface area contributed by atoms with Gasteiger partial charge in [0.25, 0.3) is 5.69 Å². The van der Waals surface area contributed by atoms with Gasteiger partial charge in [0.05, 0.1) is 22.0 Å². The fraction of sp³-hybridized carbons (Fsp3) is 0.263. The van der Waals surface area contributed by atoms with Gasteiger partial charge in [0, 0.05) is 36.2 Å². The first kappa shape index (κ1) is 25.5. The van der Waals surface area contributed by atoms with Gasteiger partial charge in [-0.05, 0) is 18.5 Å². The predicted molar refractivity (Wildman–Crippen MR) is 115 cm³/mol. The zero-order valence-corrected chi connectivity index (χ0v) is 19.2. The standard InChI is InChI=1S/C19H19N8O4S.ClH/c1-11-17(32-10-26(11)9-13-8-22-12(2)23-18(13)20)5-6-31-19(28)15-4-3-14(24-25-21)7-16(15)27(29)30;/h3-4,7-8,10H,5-6,9H2,1-2H3,(H2,20,22,23);1H/q+1;/p-1. The monoisotopic (exact) mass is 490 g/mol. The van der Waals surface area contributed by atoms with Crippen molar-refractivity contribution in [1.29, 1.82) is 0 Å². The van der Waals surface area contributed by atoms with Gasteiger partial charge in [-0.2, -0.15) is 4.57 Å². The van der Waals surface area contributed by atoms with Crippen LogP contribution in [0.1, 0.15) is 32.3 Å². The smallest absolute Gasteiger partial charge is 0.345 e. The minimum atomic E-state index is -0.823. The minimum absolute atomic E-state index is 0. The number of rotatable bonds is 8. The zero-order chi connectivity index (χ0) is 23.3. The van der Waals surface area contributed by atoms with Gasteiger partial charge in [0.2, 0.25) is 5.51 Å². The fourth-order valence-corrected chi connectivity index (χ4v) is 3.91. The van der Waals surface area contributed by atoms with Gasteiger partial charge in [-0.15, -0.1) is 0 Å². The third-order valence-corrected chi connectivity index (χ3v) is 5.78. The highest BCUT2D eigenvalue weighted by Gasteiger charge is 2.23. The summed E-state index contributed by atoms with van der Waals surface area (Å²) in [6.45, 7) is 4.27. The lowest BCUT2D eigenvalue weighted by Gasteiger charge is -2.05. The SMILES string of the molecule is Cc1ncc(C[n+]2csc(CCOC(=O)c3ccc(N=[N+]=[N-])cc3[N+](=O)[O-])c2C)c(N)n1.[Cl-]. The molecular weight excluding hydrogens is 472 g/mol. The Hall–Kier alpha value is -3.80. The zero-order valence-electron chi connectivity index (χ0n) is 17.6. The van der Waals surface area contributed by atoms with Gasteiger partial charge in [-0.25, -0.2) is 14.8 Å². The first-order chi connectivity index (χ1) is 15.3. The summed E-state index contributed by atoms with van der Waals surface area (Å²) in [5, 5.41) is 14.6. The molecule has 1 aromatic carbocycles. The number of aryl methyl sites for hydroxylation is 1. The number of thiazole rings is 1. The third-order valence-electron chi connectivity index (χ3n) is 4.64. The van der Waals surface area contributed by atoms with Crippen LogP contribution in [-0.2, 0) is 17.7 Å². The van der Waals surface area contributed by atoms with E-state index in [2.05, 4.69) is 20.0 Å². The maximum Gasteiger partial charge on any atom is 0.345 e. The number of nitrogens with two attached hydrogens (primary N) is 1. The van der Waals surface area contributed by atoms with E-state index in [4.69, 9.17) is 16.0 Å². The second-order valence-corrected chi connectivity index (χ2v) is 7.66. The Kier molecular flexibility index (Phi) is 8.63. The molecular formula is C19H19ClN8O4S. The number of carbonyl (C=O) groups excluding carboxylic acids is 1. The van der Waals surface area contributed by atoms with Crippen LogP contribution in [-0.4, -0.2) is 27.5 Å². The Labute approximate surface area is 198 Å². The van der Waals surface area contributed by atoms with Crippen molar-refractivity contribution in [3.8, 4) is 0 Å². The van der Waals surface area contributed by atoms with E-state index >= 15 is 0 Å². The molecule has 0 aliphatic carbocycles. The van der Waals surface area contributed by atoms with E-state index < -0.39 is 16.6 Å². The van der Waals surface area contributed by atoms with Crippen LogP contribution in [0.15, 0.2) is 35.0 Å². The number of ether oxygens (including phenoxy) is 1. The predicted octanol–water partition coefficient (Wildman–Crippen LogP) is 0.326. The summed E-state index contributed by atoms with van der Waals surface area (Å²) in [4.78, 5) is 34.8. The van der Waals surface area contributed by atoms with E-state index in [-0.39, 0.29) is 30.3 Å². The second-order valence-electron chi connectivity index (χ2n) is 6.72. The van der Waals surface area contributed by atoms with Gasteiger partial charge in [-0.1, -0.05) is 22.5 Å². The lowest BCUT2D eigenvalue weighted by atomic mass is 10.1. The molecule has 0 fully saturated rings. The van der Waals surface area contributed by atoms with E-state index in [0.717, 1.165) is 22.2 Å². The van der Waals surface area contributed by atoms with Gasteiger partial charge in [-0.3, -0.25) is 10.1 Å². The number of hydrogen-bond donors (Lipinski definition) is 1. The molecule has 33 heavy (non-hydrogen) atoms. The van der Waals surface area contributed by atoms with E-state index in [0.29, 0.717) is 24.6 Å². The first-order valence-corrected chi connectivity index (χ1v) is 10.2. The lowest BCUT2D eigenvalue weighted by molar-refractivity contribution is -0.689. The van der Waals surface area contributed by atoms with Gasteiger partial charge in [0.15, 0.2) is 12.2 Å². The van der Waals surface area contributed by atoms with Gasteiger partial charge >= 0.3 is 5.97 Å². The molecule has 0 unspecified atom stereocenters. The summed E-state index contributed by atoms with van der Waals surface area (Å²) >= 11 is 1.50. The summed E-state index contributed by atoms with van der Waals surface area (Å²) in [6.07, 6.45) is 2.14. The molecule has 0 saturated heterocycles. The first-order valence-electron chi connectivity index (χ1n) is 9.35. The van der Waals surface area contributed by atoms with Crippen molar-refractivity contribution in [2.75, 3.05) is 12.3 Å². The number of halogens is 1. The van der Waals surface area contributed by atoms with Crippen LogP contribution in [0.4, 0.5) is 17.2 Å². The molecule has 3 aromatic rings. The van der Waals surface area contributed by atoms with Gasteiger partial charge < -0.3 is 22.9 Å². The molecule has 0 spiro atoms. The molecule has 3 rings (SSSR count). The van der Waals surface area contributed by atoms with Gasteiger partial charge in [0.1, 0.15) is 17.2 Å². The average molecular weight is 491 g/mol. The number of nitro benzene ring substituents is 1. The molecule has 2 heterocycles. The minimum Gasteiger partial charge on any atom is -1.00 e. The highest BCUT2D eigenvalue weighted by molar-refractivity contribution is 7.09. The van der Waals surface area contributed by atoms with E-state index in [1.165, 1.54) is 23.5 Å². The summed E-state index contributed by atoms with van der Waals surface area (Å²) in [7, 11) is 0. The molecule has 0 aliphatic rings. The van der Waals surface area contributed by atoms with Crippen LogP contribution < -0.4 is 22.7 Å². The summed E-state index contributed by atoms with van der Waals surface area (Å²) in [5.74, 6) is 0.212. The fourth-order valence-electron chi connectivity index (χ4n) is 2.94. The van der Waals surface area contributed by atoms with Crippen molar-refractivity contribution >= 4 is 34.5 Å². The second kappa shape index (κ2) is 11.2. The maximum atomic E-state index is 12.4. The quantitative estimate of drug-likeness (QED) is 0.0899. The van der Waals surface area contributed by atoms with Crippen LogP contribution in [0.2, 0.25) is 0 Å². The molecule has 2 aromatic heterocycles. The van der Waals surface area contributed by atoms with Crippen molar-refractivity contribution < 1.29 is 31.4 Å². The van der Waals surface area contributed by atoms with E-state index in [9.17, 15) is 14.9 Å². The highest BCUT2D eigenvalue weighted by atomic mass is 35.5. The van der Waals surface area contributed by atoms with Crippen molar-refractivity contribution in [3.05, 3.63) is 78.0 Å². The Balaban J connectivity index is 0.00000385. The number of nitro groups is 1. The van der Waals surface area contributed by atoms with Crippen LogP contribution in [0.3, 0.4) is 0 Å². The Morgan fingerprint density at radius 3 is 2.85 bits per heavy atom. The molecule has 0 saturated carbocycles. The molecule has 0 bridgehead atoms. The van der Waals surface area contributed by atoms with Crippen LogP contribution in [0.5, 0.6) is 0 Å². The van der Waals surface area contributed by atoms with Crippen LogP contribution in [0, 0.1) is 24.0 Å². The van der Waals surface area contributed by atoms with Crippen LogP contribution >= 0.6 is 11.3 Å². The summed E-state index contributed by atoms with van der Waals surface area (Å²) < 4.78 is 7.25. The molecule has 0 radical (unpaired) electrons. The molecule has 2 N–H and O–H groups in total. The van der Waals surface area contributed by atoms with Crippen molar-refractivity contribution in [2.45, 2.75) is 26.8 Å². The number of nitrogens with zero attached hydrogens (tertiary/aromatic N) is 7.